The van der Waals surface area contributed by atoms with E-state index in [4.69, 9.17) is 23.2 Å². The molecule has 1 aromatic carbocycles. The van der Waals surface area contributed by atoms with E-state index in [2.05, 4.69) is 5.32 Å². The van der Waals surface area contributed by atoms with E-state index in [1.54, 1.807) is 19.9 Å². The second kappa shape index (κ2) is 5.75. The van der Waals surface area contributed by atoms with Crippen molar-refractivity contribution in [2.75, 3.05) is 13.1 Å². The van der Waals surface area contributed by atoms with Crippen molar-refractivity contribution in [3.8, 4) is 0 Å². The number of benzene rings is 1. The molecule has 0 aliphatic carbocycles. The van der Waals surface area contributed by atoms with Crippen molar-refractivity contribution in [2.24, 2.45) is 0 Å². The Morgan fingerprint density at radius 2 is 2.00 bits per heavy atom. The summed E-state index contributed by atoms with van der Waals surface area (Å²) in [4.78, 5) is 37.2. The first-order chi connectivity index (χ1) is 9.71. The van der Waals surface area contributed by atoms with Crippen LogP contribution in [0.1, 0.15) is 24.2 Å². The molecular formula is C14H14Cl2N2O3. The highest BCUT2D eigenvalue weighted by Crippen LogP contribution is 2.23. The first-order valence-electron chi connectivity index (χ1n) is 6.29. The molecule has 0 radical (unpaired) electrons. The molecule has 0 bridgehead atoms. The fraction of sp³-hybridized carbons (Fsp3) is 0.357. The Balaban J connectivity index is 2.21. The third-order valence-corrected chi connectivity index (χ3v) is 4.05. The van der Waals surface area contributed by atoms with E-state index in [9.17, 15) is 14.4 Å². The van der Waals surface area contributed by atoms with Crippen molar-refractivity contribution in [1.82, 2.24) is 10.2 Å². The Bertz CT molecular complexity index is 629. The third-order valence-electron chi connectivity index (χ3n) is 3.50. The van der Waals surface area contributed by atoms with Gasteiger partial charge >= 0.3 is 0 Å². The zero-order valence-corrected chi connectivity index (χ0v) is 13.1. The zero-order chi connectivity index (χ0) is 15.8. The quantitative estimate of drug-likeness (QED) is 0.680. The molecule has 0 aromatic heterocycles. The number of hydrogen-bond acceptors (Lipinski definition) is 4. The number of carbonyl (C=O) groups is 3. The van der Waals surface area contributed by atoms with Gasteiger partial charge in [-0.05, 0) is 32.0 Å². The van der Waals surface area contributed by atoms with Crippen molar-refractivity contribution in [1.29, 1.82) is 0 Å². The molecule has 1 N–H and O–H groups in total. The number of rotatable bonds is 3. The predicted octanol–water partition coefficient (Wildman–Crippen LogP) is 1.91. The number of Topliss-reactive ketones (excluding diaryl/α,β-unsaturated/α-hetero) is 1. The summed E-state index contributed by atoms with van der Waals surface area (Å²) in [7, 11) is 0. The Labute approximate surface area is 132 Å². The Morgan fingerprint density at radius 1 is 1.33 bits per heavy atom. The molecule has 7 heteroatoms. The molecule has 21 heavy (non-hydrogen) atoms. The Morgan fingerprint density at radius 3 is 2.62 bits per heavy atom. The van der Waals surface area contributed by atoms with Gasteiger partial charge in [-0.3, -0.25) is 24.6 Å². The number of ketones is 1. The number of hydrogen-bond donors (Lipinski definition) is 1. The molecule has 1 fully saturated rings. The van der Waals surface area contributed by atoms with Gasteiger partial charge in [0.2, 0.25) is 11.8 Å². The minimum Gasteiger partial charge on any atom is -0.294 e. The number of amides is 2. The minimum absolute atomic E-state index is 0.0182. The molecular weight excluding hydrogens is 315 g/mol. The normalized spacial score (nSPS) is 18.5. The first-order valence-corrected chi connectivity index (χ1v) is 7.05. The Kier molecular flexibility index (Phi) is 4.37. The summed E-state index contributed by atoms with van der Waals surface area (Å²) in [6.45, 7) is 3.22. The molecule has 1 saturated heterocycles. The first kappa shape index (κ1) is 15.9. The average molecular weight is 329 g/mol. The predicted molar refractivity (Wildman–Crippen MR) is 79.6 cm³/mol. The van der Waals surface area contributed by atoms with Crippen LogP contribution >= 0.6 is 23.2 Å². The third kappa shape index (κ3) is 3.26. The summed E-state index contributed by atoms with van der Waals surface area (Å²) in [6, 6.07) is 4.58. The van der Waals surface area contributed by atoms with Gasteiger partial charge in [-0.25, -0.2) is 0 Å². The highest BCUT2D eigenvalue weighted by molar-refractivity contribution is 6.36. The van der Waals surface area contributed by atoms with Gasteiger partial charge in [-0.15, -0.1) is 0 Å². The van der Waals surface area contributed by atoms with Crippen molar-refractivity contribution >= 4 is 40.8 Å². The van der Waals surface area contributed by atoms with Crippen LogP contribution < -0.4 is 5.32 Å². The van der Waals surface area contributed by atoms with E-state index in [1.807, 2.05) is 0 Å². The molecule has 2 rings (SSSR count). The summed E-state index contributed by atoms with van der Waals surface area (Å²) in [5, 5.41) is 2.94. The van der Waals surface area contributed by atoms with Gasteiger partial charge in [-0.1, -0.05) is 23.2 Å². The molecule has 112 valence electrons. The highest BCUT2D eigenvalue weighted by Gasteiger charge is 2.41. The van der Waals surface area contributed by atoms with Crippen molar-refractivity contribution in [2.45, 2.75) is 19.4 Å². The topological polar surface area (TPSA) is 66.5 Å². The molecule has 0 atom stereocenters. The zero-order valence-electron chi connectivity index (χ0n) is 11.6. The van der Waals surface area contributed by atoms with Crippen LogP contribution in [0.25, 0.3) is 0 Å². The van der Waals surface area contributed by atoms with Crippen LogP contribution in [-0.4, -0.2) is 41.1 Å². The lowest BCUT2D eigenvalue weighted by molar-refractivity contribution is -0.144. The van der Waals surface area contributed by atoms with Crippen molar-refractivity contribution < 1.29 is 14.4 Å². The van der Waals surface area contributed by atoms with Gasteiger partial charge in [-0.2, -0.15) is 0 Å². The second-order valence-corrected chi connectivity index (χ2v) is 6.18. The molecule has 5 nitrogen and oxygen atoms in total. The maximum absolute atomic E-state index is 12.3. The molecule has 1 aliphatic rings. The standard InChI is InChI=1S/C14H14Cl2N2O3/c1-14(2)13(21)17-12(20)7-18(14)6-11(19)9-4-3-8(15)5-10(9)16/h3-5H,6-7H2,1-2H3,(H,17,20,21). The lowest BCUT2D eigenvalue weighted by Crippen LogP contribution is -2.64. The highest BCUT2D eigenvalue weighted by atomic mass is 35.5. The van der Waals surface area contributed by atoms with Crippen molar-refractivity contribution in [3.63, 3.8) is 0 Å². The number of piperazine rings is 1. The summed E-state index contributed by atoms with van der Waals surface area (Å²) < 4.78 is 0. The van der Waals surface area contributed by atoms with E-state index < -0.39 is 17.4 Å². The van der Waals surface area contributed by atoms with Crippen LogP contribution in [0.15, 0.2) is 18.2 Å². The molecule has 1 heterocycles. The maximum Gasteiger partial charge on any atom is 0.246 e. The number of nitrogens with zero attached hydrogens (tertiary/aromatic N) is 1. The van der Waals surface area contributed by atoms with Crippen LogP contribution in [0.5, 0.6) is 0 Å². The molecule has 0 saturated carbocycles. The van der Waals surface area contributed by atoms with Gasteiger partial charge < -0.3 is 0 Å². The van der Waals surface area contributed by atoms with Gasteiger partial charge in [0.25, 0.3) is 0 Å². The van der Waals surface area contributed by atoms with Crippen LogP contribution in [0, 0.1) is 0 Å². The van der Waals surface area contributed by atoms with E-state index in [-0.39, 0.29) is 23.9 Å². The molecule has 0 unspecified atom stereocenters. The number of imide groups is 1. The van der Waals surface area contributed by atoms with E-state index in [1.165, 1.54) is 17.0 Å². The summed E-state index contributed by atoms with van der Waals surface area (Å²) in [5.74, 6) is -1.12. The monoisotopic (exact) mass is 328 g/mol. The maximum atomic E-state index is 12.3. The molecule has 0 spiro atoms. The van der Waals surface area contributed by atoms with Gasteiger partial charge in [0.15, 0.2) is 5.78 Å². The number of nitrogens with one attached hydrogen (secondary N) is 1. The fourth-order valence-corrected chi connectivity index (χ4v) is 2.58. The molecule has 1 aromatic rings. The number of carbonyl (C=O) groups excluding carboxylic acids is 3. The SMILES string of the molecule is CC1(C)C(=O)NC(=O)CN1CC(=O)c1ccc(Cl)cc1Cl. The smallest absolute Gasteiger partial charge is 0.246 e. The summed E-state index contributed by atoms with van der Waals surface area (Å²) in [6.07, 6.45) is 0. The largest absolute Gasteiger partial charge is 0.294 e. The minimum atomic E-state index is -0.942. The molecule has 1 aliphatic heterocycles. The van der Waals surface area contributed by atoms with Gasteiger partial charge in [0.05, 0.1) is 23.7 Å². The number of halogens is 2. The molecule has 2 amide bonds. The van der Waals surface area contributed by atoms with Crippen LogP contribution in [-0.2, 0) is 9.59 Å². The van der Waals surface area contributed by atoms with Gasteiger partial charge in [0, 0.05) is 10.6 Å². The van der Waals surface area contributed by atoms with Crippen LogP contribution in [0.4, 0.5) is 0 Å². The Hall–Kier alpha value is -1.43. The second-order valence-electron chi connectivity index (χ2n) is 5.34. The summed E-state index contributed by atoms with van der Waals surface area (Å²) in [5.41, 5.74) is -0.627. The lowest BCUT2D eigenvalue weighted by atomic mass is 9.97. The van der Waals surface area contributed by atoms with E-state index in [0.717, 1.165) is 0 Å². The average Bonchev–Trinajstić information content (AvgIpc) is 2.35. The lowest BCUT2D eigenvalue weighted by Gasteiger charge is -2.39. The van der Waals surface area contributed by atoms with Gasteiger partial charge in [0.1, 0.15) is 0 Å². The van der Waals surface area contributed by atoms with E-state index >= 15 is 0 Å². The van der Waals surface area contributed by atoms with Crippen molar-refractivity contribution in [3.05, 3.63) is 33.8 Å². The van der Waals surface area contributed by atoms with E-state index in [0.29, 0.717) is 10.6 Å². The summed E-state index contributed by atoms with van der Waals surface area (Å²) >= 11 is 11.8. The van der Waals surface area contributed by atoms with Crippen LogP contribution in [0.2, 0.25) is 10.0 Å². The fourth-order valence-electron chi connectivity index (χ4n) is 2.06. The van der Waals surface area contributed by atoms with Crippen LogP contribution in [0.3, 0.4) is 0 Å².